The maximum absolute atomic E-state index is 6.40. The van der Waals surface area contributed by atoms with Gasteiger partial charge in [0.25, 0.3) is 0 Å². The third-order valence-electron chi connectivity index (χ3n) is 5.48. The molecule has 0 aliphatic carbocycles. The number of hydrogen-bond acceptors (Lipinski definition) is 0. The summed E-state index contributed by atoms with van der Waals surface area (Å²) < 4.78 is 0.606. The topological polar surface area (TPSA) is 0 Å². The van der Waals surface area contributed by atoms with Gasteiger partial charge in [-0.25, -0.2) is 4.00 Å². The van der Waals surface area contributed by atoms with E-state index in [1.165, 1.54) is 109 Å². The Labute approximate surface area is 159 Å². The van der Waals surface area contributed by atoms with Gasteiger partial charge in [-0.2, -0.15) is 0 Å². The fraction of sp³-hybridized carbons (Fsp3) is 1.00. The highest BCUT2D eigenvalue weighted by molar-refractivity contribution is 6.06. The highest BCUT2D eigenvalue weighted by Gasteiger charge is 2.24. The van der Waals surface area contributed by atoms with Gasteiger partial charge in [-0.05, 0) is 12.8 Å². The Balaban J connectivity index is 3.20. The lowest BCUT2D eigenvalue weighted by molar-refractivity contribution is -0.801. The van der Waals surface area contributed by atoms with Crippen molar-refractivity contribution in [1.29, 1.82) is 0 Å². The van der Waals surface area contributed by atoms with Gasteiger partial charge < -0.3 is 0 Å². The second-order valence-electron chi connectivity index (χ2n) is 8.20. The van der Waals surface area contributed by atoms with Crippen LogP contribution in [0.1, 0.15) is 123 Å². The molecular weight excluding hydrogens is 314 g/mol. The van der Waals surface area contributed by atoms with Crippen LogP contribution in [0.15, 0.2) is 0 Å². The predicted octanol–water partition coefficient (Wildman–Crippen LogP) is 8.26. The van der Waals surface area contributed by atoms with Crippen LogP contribution >= 0.6 is 11.8 Å². The third kappa shape index (κ3) is 15.8. The summed E-state index contributed by atoms with van der Waals surface area (Å²) >= 11 is 6.40. The molecule has 0 amide bonds. The molecule has 0 rings (SSSR count). The second-order valence-corrected chi connectivity index (χ2v) is 9.07. The number of unbranched alkanes of at least 4 members (excludes halogenated alkanes) is 14. The molecule has 0 bridgehead atoms. The van der Waals surface area contributed by atoms with Crippen LogP contribution in [-0.2, 0) is 0 Å². The molecule has 0 radical (unpaired) electrons. The molecule has 1 unspecified atom stereocenters. The lowest BCUT2D eigenvalue weighted by atomic mass is 10.0. The van der Waals surface area contributed by atoms with Gasteiger partial charge in [-0.1, -0.05) is 104 Å². The number of quaternary nitrogens is 1. The van der Waals surface area contributed by atoms with Gasteiger partial charge in [0.05, 0.1) is 14.1 Å². The van der Waals surface area contributed by atoms with Crippen molar-refractivity contribution in [2.75, 3.05) is 14.1 Å². The molecule has 0 N–H and O–H groups in total. The Hall–Kier alpha value is 0.250. The van der Waals surface area contributed by atoms with Gasteiger partial charge in [-0.15, -0.1) is 0 Å². The van der Waals surface area contributed by atoms with Crippen molar-refractivity contribution < 1.29 is 4.00 Å². The molecule has 0 aromatic heterocycles. The average molecular weight is 361 g/mol. The van der Waals surface area contributed by atoms with E-state index in [0.717, 1.165) is 0 Å². The number of rotatable bonds is 18. The van der Waals surface area contributed by atoms with Crippen LogP contribution in [0.3, 0.4) is 0 Å². The largest absolute Gasteiger partial charge is 0.224 e. The summed E-state index contributed by atoms with van der Waals surface area (Å²) in [5.74, 6) is 0. The lowest BCUT2D eigenvalue weighted by Gasteiger charge is -2.28. The molecule has 2 heteroatoms. The summed E-state index contributed by atoms with van der Waals surface area (Å²) in [7, 11) is 4.22. The van der Waals surface area contributed by atoms with Gasteiger partial charge in [0.2, 0.25) is 0 Å². The monoisotopic (exact) mass is 360 g/mol. The molecule has 146 valence electrons. The van der Waals surface area contributed by atoms with Crippen molar-refractivity contribution in [3.05, 3.63) is 0 Å². The van der Waals surface area contributed by atoms with E-state index in [4.69, 9.17) is 11.8 Å². The van der Waals surface area contributed by atoms with E-state index in [0.29, 0.717) is 10.0 Å². The van der Waals surface area contributed by atoms with Crippen molar-refractivity contribution >= 4 is 11.8 Å². The number of nitrogens with zero attached hydrogens (tertiary/aromatic N) is 1. The van der Waals surface area contributed by atoms with Crippen LogP contribution in [-0.4, -0.2) is 24.1 Å². The van der Waals surface area contributed by atoms with Crippen LogP contribution < -0.4 is 0 Å². The lowest BCUT2D eigenvalue weighted by Crippen LogP contribution is -2.39. The van der Waals surface area contributed by atoms with E-state index in [1.807, 2.05) is 0 Å². The molecule has 0 saturated heterocycles. The first kappa shape index (κ1) is 24.2. The highest BCUT2D eigenvalue weighted by Crippen LogP contribution is 2.21. The normalized spacial score (nSPS) is 13.4. The van der Waals surface area contributed by atoms with E-state index in [1.54, 1.807) is 0 Å². The van der Waals surface area contributed by atoms with E-state index in [2.05, 4.69) is 27.9 Å². The van der Waals surface area contributed by atoms with Crippen LogP contribution in [0.5, 0.6) is 0 Å². The van der Waals surface area contributed by atoms with Crippen molar-refractivity contribution in [3.63, 3.8) is 0 Å². The molecule has 0 aliphatic rings. The van der Waals surface area contributed by atoms with Gasteiger partial charge in [-0.3, -0.25) is 0 Å². The molecule has 0 fully saturated rings. The minimum absolute atomic E-state index is 0.606. The van der Waals surface area contributed by atoms with Crippen LogP contribution in [0.4, 0.5) is 0 Å². The van der Waals surface area contributed by atoms with Crippen molar-refractivity contribution in [3.8, 4) is 0 Å². The standard InChI is InChI=1S/C22H47ClN/c1-5-7-8-9-10-11-12-13-14-15-16-17-18-19-20-21-22(6-2)24(3,4)23/h22H,5-21H2,1-4H3/q+1. The smallest absolute Gasteiger partial charge is 0.165 e. The Morgan fingerprint density at radius 1 is 0.583 bits per heavy atom. The Bertz CT molecular complexity index is 247. The van der Waals surface area contributed by atoms with E-state index < -0.39 is 0 Å². The first-order chi connectivity index (χ1) is 11.5. The summed E-state index contributed by atoms with van der Waals surface area (Å²) in [4.78, 5) is 0. The Morgan fingerprint density at radius 2 is 0.917 bits per heavy atom. The van der Waals surface area contributed by atoms with Gasteiger partial charge >= 0.3 is 0 Å². The predicted molar refractivity (Wildman–Crippen MR) is 112 cm³/mol. The quantitative estimate of drug-likeness (QED) is 0.170. The Morgan fingerprint density at radius 3 is 1.21 bits per heavy atom. The molecule has 0 aliphatic heterocycles. The maximum atomic E-state index is 6.40. The zero-order chi connectivity index (χ0) is 18.1. The first-order valence-corrected chi connectivity index (χ1v) is 11.4. The van der Waals surface area contributed by atoms with Gasteiger partial charge in [0.15, 0.2) is 11.8 Å². The van der Waals surface area contributed by atoms with E-state index in [-0.39, 0.29) is 0 Å². The summed E-state index contributed by atoms with van der Waals surface area (Å²) in [5, 5.41) is 0. The van der Waals surface area contributed by atoms with Gasteiger partial charge in [0, 0.05) is 6.42 Å². The molecule has 0 spiro atoms. The molecule has 0 heterocycles. The number of hydrogen-bond donors (Lipinski definition) is 0. The summed E-state index contributed by atoms with van der Waals surface area (Å²) in [5.41, 5.74) is 0. The molecule has 24 heavy (non-hydrogen) atoms. The SMILES string of the molecule is CCCCCCCCCCCCCCCCCC(CC)[N+](C)(C)Cl. The summed E-state index contributed by atoms with van der Waals surface area (Å²) in [6.07, 6.45) is 24.0. The molecule has 0 aromatic rings. The Kier molecular flexibility index (Phi) is 16.9. The number of halogens is 1. The maximum Gasteiger partial charge on any atom is 0.165 e. The highest BCUT2D eigenvalue weighted by atomic mass is 35.5. The molecule has 1 nitrogen and oxygen atoms in total. The second kappa shape index (κ2) is 16.7. The summed E-state index contributed by atoms with van der Waals surface area (Å²) in [6.45, 7) is 4.56. The van der Waals surface area contributed by atoms with E-state index in [9.17, 15) is 0 Å². The third-order valence-corrected chi connectivity index (χ3v) is 5.76. The molecule has 0 aromatic carbocycles. The van der Waals surface area contributed by atoms with Crippen molar-refractivity contribution in [1.82, 2.24) is 0 Å². The van der Waals surface area contributed by atoms with E-state index >= 15 is 0 Å². The van der Waals surface area contributed by atoms with Crippen LogP contribution in [0, 0.1) is 0 Å². The molecular formula is C22H47ClN+. The minimum atomic E-state index is 0.606. The van der Waals surface area contributed by atoms with Gasteiger partial charge in [0.1, 0.15) is 6.04 Å². The summed E-state index contributed by atoms with van der Waals surface area (Å²) in [6, 6.07) is 0.619. The molecule has 0 saturated carbocycles. The fourth-order valence-corrected chi connectivity index (χ4v) is 3.93. The fourth-order valence-electron chi connectivity index (χ4n) is 3.70. The zero-order valence-corrected chi connectivity index (χ0v) is 18.2. The first-order valence-electron chi connectivity index (χ1n) is 11.1. The zero-order valence-electron chi connectivity index (χ0n) is 17.4. The minimum Gasteiger partial charge on any atom is -0.224 e. The van der Waals surface area contributed by atoms with Crippen molar-refractivity contribution in [2.45, 2.75) is 129 Å². The average Bonchev–Trinajstić information content (AvgIpc) is 2.53. The molecule has 1 atom stereocenters. The van der Waals surface area contributed by atoms with Crippen LogP contribution in [0.2, 0.25) is 0 Å². The van der Waals surface area contributed by atoms with Crippen LogP contribution in [0.25, 0.3) is 0 Å². The van der Waals surface area contributed by atoms with Crippen molar-refractivity contribution in [2.24, 2.45) is 0 Å².